The molecule has 0 bridgehead atoms. The molecule has 1 aliphatic heterocycles. The maximum Gasteiger partial charge on any atom is 0.262 e. The van der Waals surface area contributed by atoms with Crippen molar-refractivity contribution >= 4 is 22.6 Å². The summed E-state index contributed by atoms with van der Waals surface area (Å²) >= 11 is 0. The van der Waals surface area contributed by atoms with E-state index in [1.165, 1.54) is 12.0 Å². The number of pyridine rings is 1. The van der Waals surface area contributed by atoms with E-state index < -0.39 is 28.9 Å². The SMILES string of the molecule is COc1cccc2cc3c(nc12)N(C(=O)c1ccc(F)c(F)c1F)CC3. The summed E-state index contributed by atoms with van der Waals surface area (Å²) in [5.74, 6) is -4.35. The Morgan fingerprint density at radius 1 is 1.15 bits per heavy atom. The third-order valence-electron chi connectivity index (χ3n) is 4.46. The number of amides is 1. The number of fused-ring (bicyclic) bond motifs is 2. The summed E-state index contributed by atoms with van der Waals surface area (Å²) in [6, 6.07) is 9.04. The van der Waals surface area contributed by atoms with Gasteiger partial charge in [-0.25, -0.2) is 18.2 Å². The third-order valence-corrected chi connectivity index (χ3v) is 4.46. The van der Waals surface area contributed by atoms with Crippen LogP contribution < -0.4 is 9.64 Å². The number of aromatic nitrogens is 1. The fraction of sp³-hybridized carbons (Fsp3) is 0.158. The topological polar surface area (TPSA) is 42.4 Å². The van der Waals surface area contributed by atoms with E-state index in [1.54, 1.807) is 6.07 Å². The van der Waals surface area contributed by atoms with Crippen LogP contribution in [0.15, 0.2) is 36.4 Å². The van der Waals surface area contributed by atoms with Gasteiger partial charge >= 0.3 is 0 Å². The van der Waals surface area contributed by atoms with Gasteiger partial charge in [0, 0.05) is 11.9 Å². The van der Waals surface area contributed by atoms with Crippen LogP contribution in [0.1, 0.15) is 15.9 Å². The van der Waals surface area contributed by atoms with E-state index in [0.29, 0.717) is 23.5 Å². The molecule has 2 heterocycles. The van der Waals surface area contributed by atoms with Gasteiger partial charge in [-0.05, 0) is 36.2 Å². The van der Waals surface area contributed by atoms with Gasteiger partial charge in [0.25, 0.3) is 5.91 Å². The Balaban J connectivity index is 1.81. The Morgan fingerprint density at radius 3 is 2.73 bits per heavy atom. The zero-order valence-electron chi connectivity index (χ0n) is 13.7. The van der Waals surface area contributed by atoms with E-state index in [9.17, 15) is 18.0 Å². The fourth-order valence-corrected chi connectivity index (χ4v) is 3.16. The van der Waals surface area contributed by atoms with Gasteiger partial charge < -0.3 is 4.74 Å². The standard InChI is InChI=1S/C19H13F3N2O2/c1-26-14-4-2-3-10-9-11-7-8-24(18(11)23-17(10)14)19(25)12-5-6-13(20)16(22)15(12)21/h2-6,9H,7-8H2,1H3. The maximum atomic E-state index is 14.0. The van der Waals surface area contributed by atoms with Crippen molar-refractivity contribution in [3.8, 4) is 5.75 Å². The number of hydrogen-bond acceptors (Lipinski definition) is 3. The van der Waals surface area contributed by atoms with Gasteiger partial charge in [0.1, 0.15) is 17.1 Å². The van der Waals surface area contributed by atoms with Crippen molar-refractivity contribution in [2.75, 3.05) is 18.6 Å². The molecule has 0 saturated carbocycles. The van der Waals surface area contributed by atoms with Crippen LogP contribution in [-0.2, 0) is 6.42 Å². The second-order valence-electron chi connectivity index (χ2n) is 5.93. The molecular formula is C19H13F3N2O2. The second kappa shape index (κ2) is 6.01. The Hall–Kier alpha value is -3.09. The van der Waals surface area contributed by atoms with E-state index >= 15 is 0 Å². The summed E-state index contributed by atoms with van der Waals surface area (Å²) in [5.41, 5.74) is 0.861. The summed E-state index contributed by atoms with van der Waals surface area (Å²) in [4.78, 5) is 18.5. The molecule has 0 spiro atoms. The summed E-state index contributed by atoms with van der Waals surface area (Å²) in [6.45, 7) is 0.276. The highest BCUT2D eigenvalue weighted by atomic mass is 19.2. The largest absolute Gasteiger partial charge is 0.494 e. The maximum absolute atomic E-state index is 14.0. The zero-order valence-corrected chi connectivity index (χ0v) is 13.7. The van der Waals surface area contributed by atoms with Crippen molar-refractivity contribution in [3.63, 3.8) is 0 Å². The second-order valence-corrected chi connectivity index (χ2v) is 5.93. The third kappa shape index (κ3) is 2.39. The number of halogens is 3. The van der Waals surface area contributed by atoms with E-state index in [1.807, 2.05) is 18.2 Å². The van der Waals surface area contributed by atoms with Crippen LogP contribution >= 0.6 is 0 Å². The first-order valence-corrected chi connectivity index (χ1v) is 7.93. The first-order valence-electron chi connectivity index (χ1n) is 7.93. The first kappa shape index (κ1) is 16.4. The Labute approximate surface area is 146 Å². The highest BCUT2D eigenvalue weighted by Gasteiger charge is 2.30. The molecule has 26 heavy (non-hydrogen) atoms. The zero-order chi connectivity index (χ0) is 18.4. The highest BCUT2D eigenvalue weighted by molar-refractivity contribution is 6.07. The smallest absolute Gasteiger partial charge is 0.262 e. The molecule has 0 aliphatic carbocycles. The van der Waals surface area contributed by atoms with Gasteiger partial charge in [0.15, 0.2) is 17.5 Å². The molecule has 0 radical (unpaired) electrons. The minimum Gasteiger partial charge on any atom is -0.494 e. The molecule has 4 rings (SSSR count). The van der Waals surface area contributed by atoms with Crippen LogP contribution in [0.4, 0.5) is 19.0 Å². The van der Waals surface area contributed by atoms with Crippen LogP contribution in [0.3, 0.4) is 0 Å². The van der Waals surface area contributed by atoms with Gasteiger partial charge in [0.2, 0.25) is 0 Å². The number of anilines is 1. The van der Waals surface area contributed by atoms with E-state index in [-0.39, 0.29) is 6.54 Å². The van der Waals surface area contributed by atoms with Crippen molar-refractivity contribution in [1.82, 2.24) is 4.98 Å². The number of hydrogen-bond donors (Lipinski definition) is 0. The van der Waals surface area contributed by atoms with Gasteiger partial charge in [0.05, 0.1) is 12.7 Å². The van der Waals surface area contributed by atoms with Crippen molar-refractivity contribution < 1.29 is 22.7 Å². The van der Waals surface area contributed by atoms with Crippen LogP contribution in [-0.4, -0.2) is 24.5 Å². The molecule has 1 aromatic heterocycles. The molecule has 0 atom stereocenters. The van der Waals surface area contributed by atoms with Gasteiger partial charge in [-0.3, -0.25) is 9.69 Å². The number of carbonyl (C=O) groups is 1. The summed E-state index contributed by atoms with van der Waals surface area (Å²) < 4.78 is 45.9. The lowest BCUT2D eigenvalue weighted by Crippen LogP contribution is -2.30. The predicted octanol–water partition coefficient (Wildman–Crippen LogP) is 3.86. The average Bonchev–Trinajstić information content (AvgIpc) is 3.06. The summed E-state index contributed by atoms with van der Waals surface area (Å²) in [6.07, 6.45) is 0.534. The van der Waals surface area contributed by atoms with Gasteiger partial charge in [-0.2, -0.15) is 0 Å². The lowest BCUT2D eigenvalue weighted by molar-refractivity contribution is 0.0983. The van der Waals surface area contributed by atoms with Gasteiger partial charge in [-0.15, -0.1) is 0 Å². The van der Waals surface area contributed by atoms with Crippen LogP contribution in [0.2, 0.25) is 0 Å². The number of rotatable bonds is 2. The molecule has 4 nitrogen and oxygen atoms in total. The molecule has 0 unspecified atom stereocenters. The van der Waals surface area contributed by atoms with Gasteiger partial charge in [-0.1, -0.05) is 12.1 Å². The average molecular weight is 358 g/mol. The van der Waals surface area contributed by atoms with E-state index in [4.69, 9.17) is 4.74 Å². The fourth-order valence-electron chi connectivity index (χ4n) is 3.16. The van der Waals surface area contributed by atoms with Crippen LogP contribution in [0.5, 0.6) is 5.75 Å². The molecule has 1 aliphatic rings. The van der Waals surface area contributed by atoms with Crippen molar-refractivity contribution in [1.29, 1.82) is 0 Å². The van der Waals surface area contributed by atoms with Crippen molar-refractivity contribution in [2.45, 2.75) is 6.42 Å². The Kier molecular flexibility index (Phi) is 3.79. The van der Waals surface area contributed by atoms with Crippen LogP contribution in [0.25, 0.3) is 10.9 Å². The quantitative estimate of drug-likeness (QED) is 0.653. The van der Waals surface area contributed by atoms with Crippen LogP contribution in [0, 0.1) is 17.5 Å². The molecular weight excluding hydrogens is 345 g/mol. The number of ether oxygens (including phenoxy) is 1. The lowest BCUT2D eigenvalue weighted by Gasteiger charge is -2.17. The van der Waals surface area contributed by atoms with E-state index in [2.05, 4.69) is 4.98 Å². The number of methoxy groups -OCH3 is 1. The van der Waals surface area contributed by atoms with Crippen molar-refractivity contribution in [3.05, 3.63) is 65.0 Å². The summed E-state index contributed by atoms with van der Waals surface area (Å²) in [5, 5.41) is 0.858. The molecule has 0 saturated heterocycles. The minimum atomic E-state index is -1.66. The molecule has 2 aromatic carbocycles. The summed E-state index contributed by atoms with van der Waals surface area (Å²) in [7, 11) is 1.52. The molecule has 7 heteroatoms. The molecule has 0 N–H and O–H groups in total. The molecule has 1 amide bonds. The highest BCUT2D eigenvalue weighted by Crippen LogP contribution is 2.34. The number of benzene rings is 2. The first-order chi connectivity index (χ1) is 12.5. The Bertz CT molecular complexity index is 1050. The lowest BCUT2D eigenvalue weighted by atomic mass is 10.1. The molecule has 132 valence electrons. The predicted molar refractivity (Wildman–Crippen MR) is 90.0 cm³/mol. The molecule has 0 fully saturated rings. The molecule has 3 aromatic rings. The van der Waals surface area contributed by atoms with E-state index in [0.717, 1.165) is 23.1 Å². The number of nitrogens with zero attached hydrogens (tertiary/aromatic N) is 2. The minimum absolute atomic E-state index is 0.276. The normalized spacial score (nSPS) is 13.2. The number of carbonyl (C=O) groups excluding carboxylic acids is 1. The van der Waals surface area contributed by atoms with Crippen molar-refractivity contribution in [2.24, 2.45) is 0 Å². The Morgan fingerprint density at radius 2 is 1.96 bits per heavy atom. The number of para-hydroxylation sites is 1. The monoisotopic (exact) mass is 358 g/mol.